The van der Waals surface area contributed by atoms with Crippen LogP contribution in [0.1, 0.15) is 43.2 Å². The fourth-order valence-corrected chi connectivity index (χ4v) is 4.39. The minimum Gasteiger partial charge on any atom is -0.451 e. The Kier molecular flexibility index (Phi) is 3.02. The van der Waals surface area contributed by atoms with Gasteiger partial charge in [-0.15, -0.1) is 0 Å². The van der Waals surface area contributed by atoms with Crippen molar-refractivity contribution in [3.63, 3.8) is 0 Å². The first kappa shape index (κ1) is 12.9. The summed E-state index contributed by atoms with van der Waals surface area (Å²) < 4.78 is 5.64. The van der Waals surface area contributed by atoms with Gasteiger partial charge in [0.05, 0.1) is 0 Å². The molecule has 0 radical (unpaired) electrons. The van der Waals surface area contributed by atoms with Crippen molar-refractivity contribution < 1.29 is 9.21 Å². The van der Waals surface area contributed by atoms with E-state index >= 15 is 0 Å². The molecule has 1 aromatic carbocycles. The van der Waals surface area contributed by atoms with Gasteiger partial charge in [-0.2, -0.15) is 0 Å². The molecule has 2 aliphatic carbocycles. The van der Waals surface area contributed by atoms with Gasteiger partial charge in [-0.05, 0) is 56.1 Å². The van der Waals surface area contributed by atoms with Crippen LogP contribution < -0.4 is 5.32 Å². The maximum absolute atomic E-state index is 12.4. The van der Waals surface area contributed by atoms with E-state index in [1.54, 1.807) is 0 Å². The molecule has 1 N–H and O–H groups in total. The third kappa shape index (κ3) is 2.25. The summed E-state index contributed by atoms with van der Waals surface area (Å²) in [6.07, 6.45) is 5.40. The number of hydrogen-bond acceptors (Lipinski definition) is 2. The van der Waals surface area contributed by atoms with Gasteiger partial charge in [-0.25, -0.2) is 0 Å². The molecular weight excluding hydrogens is 262 g/mol. The molecule has 2 bridgehead atoms. The van der Waals surface area contributed by atoms with Gasteiger partial charge in [0, 0.05) is 11.4 Å². The minimum absolute atomic E-state index is 0.0820. The molecule has 0 unspecified atom stereocenters. The lowest BCUT2D eigenvalue weighted by atomic mass is 9.84. The molecule has 2 aliphatic rings. The Balaban J connectivity index is 1.47. The van der Waals surface area contributed by atoms with Crippen LogP contribution in [0.4, 0.5) is 0 Å². The van der Waals surface area contributed by atoms with Crippen LogP contribution in [0.3, 0.4) is 0 Å². The average molecular weight is 283 g/mol. The highest BCUT2D eigenvalue weighted by molar-refractivity contribution is 5.96. The summed E-state index contributed by atoms with van der Waals surface area (Å²) >= 11 is 0. The van der Waals surface area contributed by atoms with Crippen molar-refractivity contribution in [2.45, 2.75) is 38.6 Å². The Morgan fingerprint density at radius 1 is 1.29 bits per heavy atom. The van der Waals surface area contributed by atoms with E-state index in [2.05, 4.69) is 12.2 Å². The van der Waals surface area contributed by atoms with Crippen LogP contribution in [0.15, 0.2) is 34.7 Å². The van der Waals surface area contributed by atoms with Gasteiger partial charge < -0.3 is 9.73 Å². The molecule has 110 valence electrons. The zero-order valence-electron chi connectivity index (χ0n) is 12.3. The molecule has 2 fully saturated rings. The molecule has 0 aliphatic heterocycles. The molecule has 3 heteroatoms. The fourth-order valence-electron chi connectivity index (χ4n) is 4.39. The summed E-state index contributed by atoms with van der Waals surface area (Å²) in [6.45, 7) is 2.14. The predicted octanol–water partition coefficient (Wildman–Crippen LogP) is 3.99. The number of rotatable bonds is 3. The van der Waals surface area contributed by atoms with E-state index in [1.165, 1.54) is 25.7 Å². The minimum atomic E-state index is -0.0820. The monoisotopic (exact) mass is 283 g/mol. The molecule has 1 heterocycles. The van der Waals surface area contributed by atoms with E-state index in [-0.39, 0.29) is 11.9 Å². The number of fused-ring (bicyclic) bond motifs is 3. The first-order chi connectivity index (χ1) is 10.2. The largest absolute Gasteiger partial charge is 0.451 e. The first-order valence-corrected chi connectivity index (χ1v) is 8.00. The number of carbonyl (C=O) groups is 1. The van der Waals surface area contributed by atoms with Crippen LogP contribution >= 0.6 is 0 Å². The van der Waals surface area contributed by atoms with Crippen molar-refractivity contribution in [1.82, 2.24) is 5.32 Å². The SMILES string of the molecule is C[C@@H](NC(=O)c1cc2ccccc2o1)[C@H]1C[C@H]2CC[C@H]1C2. The second-order valence-corrected chi connectivity index (χ2v) is 6.75. The summed E-state index contributed by atoms with van der Waals surface area (Å²) in [7, 11) is 0. The average Bonchev–Trinajstić information content (AvgIpc) is 3.21. The van der Waals surface area contributed by atoms with Crippen LogP contribution in [-0.2, 0) is 0 Å². The molecule has 4 rings (SSSR count). The normalized spacial score (nSPS) is 28.9. The molecule has 1 aromatic heterocycles. The predicted molar refractivity (Wildman–Crippen MR) is 82.1 cm³/mol. The molecular formula is C18H21NO2. The molecule has 2 saturated carbocycles. The molecule has 0 spiro atoms. The van der Waals surface area contributed by atoms with Gasteiger partial charge in [0.25, 0.3) is 5.91 Å². The number of benzene rings is 1. The Labute approximate surface area is 124 Å². The standard InChI is InChI=1S/C18H21NO2/c1-11(15-9-12-6-7-13(15)8-12)19-18(20)17-10-14-4-2-3-5-16(14)21-17/h2-5,10-13,15H,6-9H2,1H3,(H,19,20)/t11-,12+,13+,15-/m1/s1. The molecule has 0 saturated heterocycles. The lowest BCUT2D eigenvalue weighted by Crippen LogP contribution is -2.39. The quantitative estimate of drug-likeness (QED) is 0.925. The van der Waals surface area contributed by atoms with E-state index in [4.69, 9.17) is 4.42 Å². The molecule has 21 heavy (non-hydrogen) atoms. The summed E-state index contributed by atoms with van der Waals surface area (Å²) in [4.78, 5) is 12.4. The second kappa shape index (κ2) is 4.90. The first-order valence-electron chi connectivity index (χ1n) is 8.00. The van der Waals surface area contributed by atoms with Gasteiger partial charge in [0.1, 0.15) is 5.58 Å². The number of nitrogens with one attached hydrogen (secondary N) is 1. The Bertz CT molecular complexity index is 642. The summed E-state index contributed by atoms with van der Waals surface area (Å²) in [5, 5.41) is 4.13. The number of para-hydroxylation sites is 1. The van der Waals surface area contributed by atoms with Crippen molar-refractivity contribution in [1.29, 1.82) is 0 Å². The van der Waals surface area contributed by atoms with Crippen LogP contribution in [0.25, 0.3) is 11.0 Å². The highest BCUT2D eigenvalue weighted by Gasteiger charge is 2.42. The maximum Gasteiger partial charge on any atom is 0.287 e. The van der Waals surface area contributed by atoms with Crippen molar-refractivity contribution >= 4 is 16.9 Å². The van der Waals surface area contributed by atoms with Crippen molar-refractivity contribution in [2.24, 2.45) is 17.8 Å². The Hall–Kier alpha value is -1.77. The lowest BCUT2D eigenvalue weighted by molar-refractivity contribution is 0.0889. The van der Waals surface area contributed by atoms with Crippen LogP contribution in [0, 0.1) is 17.8 Å². The topological polar surface area (TPSA) is 42.2 Å². The molecule has 2 aromatic rings. The Morgan fingerprint density at radius 3 is 2.86 bits per heavy atom. The van der Waals surface area contributed by atoms with Crippen molar-refractivity contribution in [3.05, 3.63) is 36.1 Å². The number of hydrogen-bond donors (Lipinski definition) is 1. The molecule has 3 nitrogen and oxygen atoms in total. The van der Waals surface area contributed by atoms with E-state index in [0.29, 0.717) is 11.7 Å². The third-order valence-electron chi connectivity index (χ3n) is 5.44. The zero-order valence-corrected chi connectivity index (χ0v) is 12.3. The second-order valence-electron chi connectivity index (χ2n) is 6.75. The van der Waals surface area contributed by atoms with Gasteiger partial charge in [-0.3, -0.25) is 4.79 Å². The number of carbonyl (C=O) groups excluding carboxylic acids is 1. The highest BCUT2D eigenvalue weighted by atomic mass is 16.3. The fraction of sp³-hybridized carbons (Fsp3) is 0.500. The summed E-state index contributed by atoms with van der Waals surface area (Å²) in [5.74, 6) is 2.72. The van der Waals surface area contributed by atoms with Gasteiger partial charge in [0.2, 0.25) is 0 Å². The van der Waals surface area contributed by atoms with Crippen molar-refractivity contribution in [3.8, 4) is 0 Å². The number of furan rings is 1. The van der Waals surface area contributed by atoms with Crippen molar-refractivity contribution in [2.75, 3.05) is 0 Å². The van der Waals surface area contributed by atoms with E-state index in [9.17, 15) is 4.79 Å². The van der Waals surface area contributed by atoms with Crippen LogP contribution in [0.5, 0.6) is 0 Å². The lowest BCUT2D eigenvalue weighted by Gasteiger charge is -2.28. The molecule has 1 amide bonds. The third-order valence-corrected chi connectivity index (χ3v) is 5.44. The molecule has 4 atom stereocenters. The van der Waals surface area contributed by atoms with E-state index in [0.717, 1.165) is 22.8 Å². The maximum atomic E-state index is 12.4. The smallest absolute Gasteiger partial charge is 0.287 e. The van der Waals surface area contributed by atoms with E-state index in [1.807, 2.05) is 30.3 Å². The van der Waals surface area contributed by atoms with Crippen LogP contribution in [-0.4, -0.2) is 11.9 Å². The summed E-state index contributed by atoms with van der Waals surface area (Å²) in [5.41, 5.74) is 0.773. The van der Waals surface area contributed by atoms with Gasteiger partial charge in [0.15, 0.2) is 5.76 Å². The van der Waals surface area contributed by atoms with Gasteiger partial charge >= 0.3 is 0 Å². The highest BCUT2D eigenvalue weighted by Crippen LogP contribution is 2.49. The summed E-state index contributed by atoms with van der Waals surface area (Å²) in [6, 6.07) is 9.81. The number of amides is 1. The van der Waals surface area contributed by atoms with Gasteiger partial charge in [-0.1, -0.05) is 24.6 Å². The van der Waals surface area contributed by atoms with Crippen LogP contribution in [0.2, 0.25) is 0 Å². The van der Waals surface area contributed by atoms with E-state index < -0.39 is 0 Å². The Morgan fingerprint density at radius 2 is 2.14 bits per heavy atom. The zero-order chi connectivity index (χ0) is 14.4.